The topological polar surface area (TPSA) is 20.2 Å². The van der Waals surface area contributed by atoms with E-state index in [-0.39, 0.29) is 6.10 Å². The molecule has 0 aromatic heterocycles. The molecule has 1 N–H and O–H groups in total. The van der Waals surface area contributed by atoms with Crippen LogP contribution in [-0.2, 0) is 0 Å². The summed E-state index contributed by atoms with van der Waals surface area (Å²) >= 11 is 0. The van der Waals surface area contributed by atoms with Gasteiger partial charge in [-0.25, -0.2) is 0 Å². The van der Waals surface area contributed by atoms with Crippen molar-refractivity contribution in [1.29, 1.82) is 0 Å². The molecule has 1 heteroatoms. The van der Waals surface area contributed by atoms with Crippen LogP contribution in [0.25, 0.3) is 6.08 Å². The number of hydrogen-bond acceptors (Lipinski definition) is 1. The number of aliphatic hydroxyl groups excluding tert-OH is 1. The number of benzene rings is 1. The van der Waals surface area contributed by atoms with Crippen molar-refractivity contribution in [1.82, 2.24) is 0 Å². The standard InChI is InChI=1S/C11H14O/c1-10(12)6-5-9-11-7-3-2-4-8-11/h2-5,7-10,12H,6H2,1H3/b9-5+. The molecule has 0 spiro atoms. The van der Waals surface area contributed by atoms with E-state index >= 15 is 0 Å². The highest BCUT2D eigenvalue weighted by Gasteiger charge is 1.88. The second-order valence-corrected chi connectivity index (χ2v) is 2.90. The maximum Gasteiger partial charge on any atom is 0.0546 e. The van der Waals surface area contributed by atoms with Gasteiger partial charge in [0, 0.05) is 0 Å². The second kappa shape index (κ2) is 4.73. The molecule has 12 heavy (non-hydrogen) atoms. The fraction of sp³-hybridized carbons (Fsp3) is 0.273. The molecule has 1 nitrogen and oxygen atoms in total. The van der Waals surface area contributed by atoms with E-state index in [1.165, 1.54) is 5.56 Å². The summed E-state index contributed by atoms with van der Waals surface area (Å²) in [5, 5.41) is 8.98. The third kappa shape index (κ3) is 3.35. The molecule has 0 aliphatic carbocycles. The molecule has 0 saturated carbocycles. The molecule has 1 atom stereocenters. The normalized spacial score (nSPS) is 13.5. The number of aliphatic hydroxyl groups is 1. The van der Waals surface area contributed by atoms with Crippen molar-refractivity contribution in [3.63, 3.8) is 0 Å². The summed E-state index contributed by atoms with van der Waals surface area (Å²) < 4.78 is 0. The molecule has 64 valence electrons. The Kier molecular flexibility index (Phi) is 3.55. The van der Waals surface area contributed by atoms with Gasteiger partial charge in [-0.15, -0.1) is 0 Å². The molecular formula is C11H14O. The largest absolute Gasteiger partial charge is 0.393 e. The molecule has 0 aliphatic heterocycles. The fourth-order valence-corrected chi connectivity index (χ4v) is 0.965. The molecule has 0 radical (unpaired) electrons. The minimum Gasteiger partial charge on any atom is -0.393 e. The predicted molar refractivity (Wildman–Crippen MR) is 51.8 cm³/mol. The zero-order chi connectivity index (χ0) is 8.81. The van der Waals surface area contributed by atoms with E-state index in [0.29, 0.717) is 0 Å². The van der Waals surface area contributed by atoms with Gasteiger partial charge in [0.1, 0.15) is 0 Å². The van der Waals surface area contributed by atoms with Crippen LogP contribution < -0.4 is 0 Å². The van der Waals surface area contributed by atoms with E-state index in [1.54, 1.807) is 6.92 Å². The van der Waals surface area contributed by atoms with Crippen LogP contribution in [0.1, 0.15) is 18.9 Å². The summed E-state index contributed by atoms with van der Waals surface area (Å²) in [6.07, 6.45) is 4.48. The van der Waals surface area contributed by atoms with Gasteiger partial charge in [-0.2, -0.15) is 0 Å². The van der Waals surface area contributed by atoms with Crippen LogP contribution >= 0.6 is 0 Å². The zero-order valence-electron chi connectivity index (χ0n) is 7.27. The van der Waals surface area contributed by atoms with Gasteiger partial charge in [-0.3, -0.25) is 0 Å². The Morgan fingerprint density at radius 3 is 2.58 bits per heavy atom. The van der Waals surface area contributed by atoms with E-state index in [2.05, 4.69) is 0 Å². The molecular weight excluding hydrogens is 148 g/mol. The van der Waals surface area contributed by atoms with Crippen LogP contribution in [0, 0.1) is 0 Å². The van der Waals surface area contributed by atoms with Crippen molar-refractivity contribution in [2.45, 2.75) is 19.4 Å². The molecule has 0 aliphatic rings. The Labute approximate surface area is 73.4 Å². The summed E-state index contributed by atoms with van der Waals surface area (Å²) in [6.45, 7) is 1.79. The Balaban J connectivity index is 2.47. The van der Waals surface area contributed by atoms with Gasteiger partial charge >= 0.3 is 0 Å². The molecule has 0 fully saturated rings. The summed E-state index contributed by atoms with van der Waals surface area (Å²) in [4.78, 5) is 0. The van der Waals surface area contributed by atoms with Crippen LogP contribution in [0.2, 0.25) is 0 Å². The molecule has 0 saturated heterocycles. The average molecular weight is 162 g/mol. The Hall–Kier alpha value is -1.08. The zero-order valence-corrected chi connectivity index (χ0v) is 7.27. The maximum atomic E-state index is 8.98. The van der Waals surface area contributed by atoms with Crippen LogP contribution in [0.15, 0.2) is 36.4 Å². The van der Waals surface area contributed by atoms with Crippen molar-refractivity contribution in [2.24, 2.45) is 0 Å². The van der Waals surface area contributed by atoms with E-state index in [9.17, 15) is 0 Å². The molecule has 1 aromatic carbocycles. The monoisotopic (exact) mass is 162 g/mol. The van der Waals surface area contributed by atoms with Gasteiger partial charge < -0.3 is 5.11 Å². The Bertz CT molecular complexity index is 236. The van der Waals surface area contributed by atoms with Gasteiger partial charge in [0.05, 0.1) is 6.10 Å². The van der Waals surface area contributed by atoms with Crippen molar-refractivity contribution >= 4 is 6.08 Å². The van der Waals surface area contributed by atoms with Gasteiger partial charge in [-0.1, -0.05) is 42.5 Å². The van der Waals surface area contributed by atoms with Crippen LogP contribution in [-0.4, -0.2) is 11.2 Å². The molecule has 0 heterocycles. The van der Waals surface area contributed by atoms with Gasteiger partial charge in [0.2, 0.25) is 0 Å². The first kappa shape index (κ1) is 9.01. The third-order valence-electron chi connectivity index (χ3n) is 1.59. The average Bonchev–Trinajstić information content (AvgIpc) is 2.05. The Morgan fingerprint density at radius 2 is 2.00 bits per heavy atom. The molecule has 0 bridgehead atoms. The molecule has 1 aromatic rings. The smallest absolute Gasteiger partial charge is 0.0546 e. The Morgan fingerprint density at radius 1 is 1.33 bits per heavy atom. The summed E-state index contributed by atoms with van der Waals surface area (Å²) in [5.74, 6) is 0. The lowest BCUT2D eigenvalue weighted by Gasteiger charge is -1.96. The van der Waals surface area contributed by atoms with Gasteiger partial charge in [-0.05, 0) is 18.9 Å². The first-order chi connectivity index (χ1) is 5.79. The van der Waals surface area contributed by atoms with E-state index < -0.39 is 0 Å². The highest BCUT2D eigenvalue weighted by atomic mass is 16.3. The van der Waals surface area contributed by atoms with Gasteiger partial charge in [0.25, 0.3) is 0 Å². The van der Waals surface area contributed by atoms with E-state index in [4.69, 9.17) is 5.11 Å². The highest BCUT2D eigenvalue weighted by Crippen LogP contribution is 2.02. The lowest BCUT2D eigenvalue weighted by atomic mass is 10.2. The van der Waals surface area contributed by atoms with Crippen LogP contribution in [0.5, 0.6) is 0 Å². The van der Waals surface area contributed by atoms with Crippen LogP contribution in [0.3, 0.4) is 0 Å². The minimum atomic E-state index is -0.245. The number of rotatable bonds is 3. The highest BCUT2D eigenvalue weighted by molar-refractivity contribution is 5.48. The van der Waals surface area contributed by atoms with Crippen molar-refractivity contribution in [3.05, 3.63) is 42.0 Å². The SMILES string of the molecule is CC(O)C/C=C/c1ccccc1. The summed E-state index contributed by atoms with van der Waals surface area (Å²) in [6, 6.07) is 10.1. The predicted octanol–water partition coefficient (Wildman–Crippen LogP) is 2.47. The van der Waals surface area contributed by atoms with Crippen molar-refractivity contribution in [2.75, 3.05) is 0 Å². The minimum absolute atomic E-state index is 0.245. The second-order valence-electron chi connectivity index (χ2n) is 2.90. The van der Waals surface area contributed by atoms with Gasteiger partial charge in [0.15, 0.2) is 0 Å². The van der Waals surface area contributed by atoms with E-state index in [0.717, 1.165) is 6.42 Å². The molecule has 0 amide bonds. The van der Waals surface area contributed by atoms with Crippen molar-refractivity contribution in [3.8, 4) is 0 Å². The number of hydrogen-bond donors (Lipinski definition) is 1. The fourth-order valence-electron chi connectivity index (χ4n) is 0.965. The third-order valence-corrected chi connectivity index (χ3v) is 1.59. The first-order valence-electron chi connectivity index (χ1n) is 4.18. The maximum absolute atomic E-state index is 8.98. The van der Waals surface area contributed by atoms with Crippen molar-refractivity contribution < 1.29 is 5.11 Å². The lowest BCUT2D eigenvalue weighted by Crippen LogP contribution is -1.94. The quantitative estimate of drug-likeness (QED) is 0.724. The molecule has 1 unspecified atom stereocenters. The summed E-state index contributed by atoms with van der Waals surface area (Å²) in [5.41, 5.74) is 1.18. The van der Waals surface area contributed by atoms with E-state index in [1.807, 2.05) is 42.5 Å². The lowest BCUT2D eigenvalue weighted by molar-refractivity contribution is 0.199. The first-order valence-corrected chi connectivity index (χ1v) is 4.18. The molecule has 1 rings (SSSR count). The summed E-state index contributed by atoms with van der Waals surface area (Å²) in [7, 11) is 0. The van der Waals surface area contributed by atoms with Crippen LogP contribution in [0.4, 0.5) is 0 Å².